The van der Waals surface area contributed by atoms with Gasteiger partial charge in [0.2, 0.25) is 0 Å². The van der Waals surface area contributed by atoms with Crippen molar-refractivity contribution in [1.29, 1.82) is 0 Å². The van der Waals surface area contributed by atoms with Gasteiger partial charge in [-0.3, -0.25) is 0 Å². The van der Waals surface area contributed by atoms with Gasteiger partial charge in [-0.1, -0.05) is 48.3 Å². The van der Waals surface area contributed by atoms with Crippen LogP contribution in [0.2, 0.25) is 0 Å². The van der Waals surface area contributed by atoms with Crippen LogP contribution in [0.1, 0.15) is 64.2 Å². The van der Waals surface area contributed by atoms with Gasteiger partial charge >= 0.3 is 37.9 Å². The molecule has 0 saturated heterocycles. The van der Waals surface area contributed by atoms with Crippen molar-refractivity contribution in [3.8, 4) is 0 Å². The van der Waals surface area contributed by atoms with Crippen molar-refractivity contribution in [3.63, 3.8) is 0 Å². The van der Waals surface area contributed by atoms with Gasteiger partial charge in [-0.2, -0.15) is 0 Å². The normalized spacial score (nSPS) is 28.4. The number of fused-ring (bicyclic) bond motifs is 2. The molecule has 2 saturated carbocycles. The van der Waals surface area contributed by atoms with Crippen LogP contribution in [0.3, 0.4) is 0 Å². The monoisotopic (exact) mass is 426 g/mol. The van der Waals surface area contributed by atoms with Crippen LogP contribution in [0.5, 0.6) is 0 Å². The Morgan fingerprint density at radius 3 is 1.65 bits per heavy atom. The van der Waals surface area contributed by atoms with Gasteiger partial charge in [-0.25, -0.2) is 0 Å². The van der Waals surface area contributed by atoms with E-state index in [0.29, 0.717) is 0 Å². The van der Waals surface area contributed by atoms with Crippen molar-refractivity contribution in [1.82, 2.24) is 0 Å². The molecule has 0 N–H and O–H groups in total. The Labute approximate surface area is 159 Å². The summed E-state index contributed by atoms with van der Waals surface area (Å²) in [5.74, 6) is 1.64. The van der Waals surface area contributed by atoms with Crippen LogP contribution in [0.25, 0.3) is 0 Å². The third-order valence-electron chi connectivity index (χ3n) is 5.87. The molecule has 0 radical (unpaired) electrons. The molecule has 0 aromatic carbocycles. The molecule has 0 spiro atoms. The summed E-state index contributed by atoms with van der Waals surface area (Å²) in [5.41, 5.74) is 6.97. The molecule has 4 rings (SSSR count). The SMILES string of the molecule is C1=CC2CCCCC2=C1CCC1=C2CCCCC2C=C1.[Cl][Zr][Cl]. The van der Waals surface area contributed by atoms with Gasteiger partial charge in [0.05, 0.1) is 0 Å². The summed E-state index contributed by atoms with van der Waals surface area (Å²) in [7, 11) is 9.87. The van der Waals surface area contributed by atoms with Gasteiger partial charge in [0, 0.05) is 0 Å². The van der Waals surface area contributed by atoms with Crippen LogP contribution >= 0.6 is 17.0 Å². The number of allylic oxidation sites excluding steroid dienone is 8. The van der Waals surface area contributed by atoms with Crippen molar-refractivity contribution in [3.05, 3.63) is 46.6 Å². The van der Waals surface area contributed by atoms with Crippen LogP contribution in [0.4, 0.5) is 0 Å². The maximum atomic E-state index is 4.93. The third kappa shape index (κ3) is 4.53. The van der Waals surface area contributed by atoms with Crippen molar-refractivity contribution >= 4 is 17.0 Å². The topological polar surface area (TPSA) is 0 Å². The Balaban J connectivity index is 0.000000485. The zero-order valence-corrected chi connectivity index (χ0v) is 17.8. The second-order valence-corrected chi connectivity index (χ2v) is 10.8. The van der Waals surface area contributed by atoms with Crippen molar-refractivity contribution in [2.45, 2.75) is 64.2 Å². The van der Waals surface area contributed by atoms with Crippen molar-refractivity contribution < 1.29 is 20.8 Å². The first-order valence-electron chi connectivity index (χ1n) is 9.10. The van der Waals surface area contributed by atoms with Gasteiger partial charge in [-0.15, -0.1) is 0 Å². The Bertz CT molecular complexity index is 494. The molecule has 3 heteroatoms. The Morgan fingerprint density at radius 1 is 0.783 bits per heavy atom. The second kappa shape index (κ2) is 9.21. The van der Waals surface area contributed by atoms with Crippen molar-refractivity contribution in [2.75, 3.05) is 0 Å². The fraction of sp³-hybridized carbons (Fsp3) is 0.600. The fourth-order valence-electron chi connectivity index (χ4n) is 4.74. The second-order valence-electron chi connectivity index (χ2n) is 7.10. The standard InChI is InChI=1S/C20H26.2ClH.Zr/c1-3-7-19-15(5-1)9-11-17(19)13-14-18-12-10-16-6-2-4-8-20(16)18;;;/h9-12,15-16H,1-8,13-14H2;2*1H;/q;;;+2/p-2. The van der Waals surface area contributed by atoms with Crippen LogP contribution in [-0.2, 0) is 20.8 Å². The molecule has 2 fully saturated rings. The summed E-state index contributed by atoms with van der Waals surface area (Å²) in [6, 6.07) is 0. The van der Waals surface area contributed by atoms with E-state index in [-0.39, 0.29) is 0 Å². The third-order valence-corrected chi connectivity index (χ3v) is 5.87. The molecule has 2 atom stereocenters. The van der Waals surface area contributed by atoms with E-state index in [1.807, 2.05) is 0 Å². The maximum absolute atomic E-state index is 4.93. The zero-order chi connectivity index (χ0) is 16.1. The quantitative estimate of drug-likeness (QED) is 0.444. The predicted octanol–water partition coefficient (Wildman–Crippen LogP) is 7.26. The molecule has 2 unspecified atom stereocenters. The molecular weight excluding hydrogens is 402 g/mol. The zero-order valence-electron chi connectivity index (χ0n) is 13.8. The fourth-order valence-corrected chi connectivity index (χ4v) is 4.74. The van der Waals surface area contributed by atoms with Crippen LogP contribution < -0.4 is 0 Å². The molecule has 0 heterocycles. The Morgan fingerprint density at radius 2 is 1.22 bits per heavy atom. The molecule has 124 valence electrons. The van der Waals surface area contributed by atoms with E-state index >= 15 is 0 Å². The van der Waals surface area contributed by atoms with Gasteiger partial charge in [0.1, 0.15) is 0 Å². The average molecular weight is 429 g/mol. The molecule has 0 aromatic rings. The Kier molecular flexibility index (Phi) is 7.30. The molecule has 0 aliphatic heterocycles. The minimum atomic E-state index is -0.826. The number of rotatable bonds is 3. The number of hydrogen-bond donors (Lipinski definition) is 0. The van der Waals surface area contributed by atoms with Gasteiger partial charge in [0.15, 0.2) is 0 Å². The molecule has 0 bridgehead atoms. The van der Waals surface area contributed by atoms with E-state index in [2.05, 4.69) is 24.3 Å². The van der Waals surface area contributed by atoms with Crippen LogP contribution in [0, 0.1) is 11.8 Å². The van der Waals surface area contributed by atoms with E-state index in [0.717, 1.165) is 11.8 Å². The molecule has 4 aliphatic carbocycles. The van der Waals surface area contributed by atoms with E-state index in [1.165, 1.54) is 64.2 Å². The molecule has 0 nitrogen and oxygen atoms in total. The average Bonchev–Trinajstić information content (AvgIpc) is 3.18. The van der Waals surface area contributed by atoms with E-state index in [4.69, 9.17) is 17.0 Å². The van der Waals surface area contributed by atoms with Gasteiger partial charge < -0.3 is 0 Å². The van der Waals surface area contributed by atoms with Gasteiger partial charge in [0.25, 0.3) is 0 Å². The summed E-state index contributed by atoms with van der Waals surface area (Å²) in [6.45, 7) is 0. The molecular formula is C20H26Cl2Zr. The van der Waals surface area contributed by atoms with E-state index < -0.39 is 20.8 Å². The first-order valence-corrected chi connectivity index (χ1v) is 15.4. The first kappa shape index (κ1) is 18.2. The summed E-state index contributed by atoms with van der Waals surface area (Å²) in [6.07, 6.45) is 23.7. The molecule has 0 aromatic heterocycles. The summed E-state index contributed by atoms with van der Waals surface area (Å²) >= 11 is -0.826. The van der Waals surface area contributed by atoms with E-state index in [9.17, 15) is 0 Å². The van der Waals surface area contributed by atoms with Crippen molar-refractivity contribution in [2.24, 2.45) is 11.8 Å². The van der Waals surface area contributed by atoms with E-state index in [1.54, 1.807) is 22.3 Å². The van der Waals surface area contributed by atoms with Gasteiger partial charge in [-0.05, 0) is 74.3 Å². The first-order chi connectivity index (χ1) is 11.3. The van der Waals surface area contributed by atoms with Crippen LogP contribution in [-0.4, -0.2) is 0 Å². The predicted molar refractivity (Wildman–Crippen MR) is 97.2 cm³/mol. The Hall–Kier alpha value is 0.423. The van der Waals surface area contributed by atoms with Crippen LogP contribution in [0.15, 0.2) is 46.6 Å². The summed E-state index contributed by atoms with van der Waals surface area (Å²) in [4.78, 5) is 0. The summed E-state index contributed by atoms with van der Waals surface area (Å²) in [5, 5.41) is 0. The molecule has 0 amide bonds. The number of hydrogen-bond acceptors (Lipinski definition) is 0. The molecule has 23 heavy (non-hydrogen) atoms. The number of halogens is 2. The molecule has 4 aliphatic rings. The minimum absolute atomic E-state index is 0.818. The summed E-state index contributed by atoms with van der Waals surface area (Å²) < 4.78 is 0.